The van der Waals surface area contributed by atoms with Crippen LogP contribution in [0.3, 0.4) is 0 Å². The van der Waals surface area contributed by atoms with Crippen LogP contribution in [0.2, 0.25) is 0 Å². The first-order valence-corrected chi connectivity index (χ1v) is 7.00. The molecule has 4 heteroatoms. The van der Waals surface area contributed by atoms with Crippen LogP contribution < -0.4 is 10.5 Å². The molecule has 2 rings (SSSR count). The topological polar surface area (TPSA) is 35.2 Å². The van der Waals surface area contributed by atoms with Crippen LogP contribution in [-0.4, -0.2) is 11.9 Å². The zero-order valence-corrected chi connectivity index (χ0v) is 12.1. The van der Waals surface area contributed by atoms with Gasteiger partial charge in [-0.25, -0.2) is 0 Å². The Morgan fingerprint density at radius 2 is 2.19 bits per heavy atom. The van der Waals surface area contributed by atoms with E-state index in [2.05, 4.69) is 29.8 Å². The fourth-order valence-electron chi connectivity index (χ4n) is 1.98. The number of hydrogen-bond acceptors (Lipinski definition) is 3. The minimum absolute atomic E-state index is 0.00806. The van der Waals surface area contributed by atoms with Gasteiger partial charge in [0.05, 0.1) is 7.11 Å². The van der Waals surface area contributed by atoms with Gasteiger partial charge in [-0.05, 0) is 31.5 Å². The highest BCUT2D eigenvalue weighted by atomic mass is 79.9. The van der Waals surface area contributed by atoms with Gasteiger partial charge in [0.25, 0.3) is 0 Å². The molecule has 1 heterocycles. The van der Waals surface area contributed by atoms with Gasteiger partial charge in [0, 0.05) is 26.6 Å². The Kier molecular flexibility index (Phi) is 3.25. The third-order valence-electron chi connectivity index (χ3n) is 3.13. The maximum atomic E-state index is 6.35. The summed E-state index contributed by atoms with van der Waals surface area (Å²) < 4.78 is 6.60. The smallest absolute Gasteiger partial charge is 0.124 e. The van der Waals surface area contributed by atoms with Crippen molar-refractivity contribution in [3.8, 4) is 5.75 Å². The highest BCUT2D eigenvalue weighted by molar-refractivity contribution is 9.10. The predicted octanol–water partition coefficient (Wildman–Crippen LogP) is 3.48. The number of fused-ring (bicyclic) bond motifs is 1. The molecule has 0 spiro atoms. The summed E-state index contributed by atoms with van der Waals surface area (Å²) in [5.74, 6) is 1.88. The van der Waals surface area contributed by atoms with Crippen molar-refractivity contribution in [1.29, 1.82) is 0 Å². The van der Waals surface area contributed by atoms with Crippen LogP contribution in [0.1, 0.15) is 31.0 Å². The second-order valence-electron chi connectivity index (χ2n) is 4.51. The summed E-state index contributed by atoms with van der Waals surface area (Å²) in [5, 5.41) is 0. The number of nitrogens with two attached hydrogens (primary N) is 1. The number of ether oxygens (including phenoxy) is 1. The maximum Gasteiger partial charge on any atom is 0.124 e. The van der Waals surface area contributed by atoms with Gasteiger partial charge in [-0.15, -0.1) is 11.8 Å². The number of rotatable bonds is 1. The van der Waals surface area contributed by atoms with E-state index in [4.69, 9.17) is 10.5 Å². The molecule has 88 valence electrons. The lowest BCUT2D eigenvalue weighted by Gasteiger charge is -2.38. The first kappa shape index (κ1) is 12.3. The number of thioether (sulfide) groups is 1. The average molecular weight is 302 g/mol. The van der Waals surface area contributed by atoms with Crippen LogP contribution in [-0.2, 0) is 5.75 Å². The Morgan fingerprint density at radius 3 is 2.81 bits per heavy atom. The van der Waals surface area contributed by atoms with E-state index in [-0.39, 0.29) is 10.8 Å². The van der Waals surface area contributed by atoms with E-state index in [0.29, 0.717) is 0 Å². The maximum absolute atomic E-state index is 6.35. The molecule has 1 unspecified atom stereocenters. The Balaban J connectivity index is 2.60. The van der Waals surface area contributed by atoms with Crippen molar-refractivity contribution in [3.63, 3.8) is 0 Å². The Morgan fingerprint density at radius 1 is 1.50 bits per heavy atom. The molecule has 1 aromatic rings. The standard InChI is InChI=1S/C12H16BrNOS/c1-12(2)11(14)10-7(6-16-12)8(13)4-5-9(10)15-3/h4-5,11H,6,14H2,1-3H3. The Bertz CT molecular complexity index is 420. The molecule has 0 saturated heterocycles. The van der Waals surface area contributed by atoms with Crippen molar-refractivity contribution in [2.75, 3.05) is 7.11 Å². The lowest BCUT2D eigenvalue weighted by atomic mass is 9.91. The minimum atomic E-state index is 0.00806. The van der Waals surface area contributed by atoms with E-state index in [1.54, 1.807) is 7.11 Å². The third kappa shape index (κ3) is 1.87. The fourth-order valence-corrected chi connectivity index (χ4v) is 3.77. The van der Waals surface area contributed by atoms with Crippen molar-refractivity contribution >= 4 is 27.7 Å². The molecule has 0 fully saturated rings. The molecule has 2 N–H and O–H groups in total. The first-order chi connectivity index (χ1) is 7.47. The average Bonchev–Trinajstić information content (AvgIpc) is 2.24. The summed E-state index contributed by atoms with van der Waals surface area (Å²) in [4.78, 5) is 0. The lowest BCUT2D eigenvalue weighted by molar-refractivity contribution is 0.398. The molecule has 0 saturated carbocycles. The van der Waals surface area contributed by atoms with Gasteiger partial charge in [0.15, 0.2) is 0 Å². The monoisotopic (exact) mass is 301 g/mol. The third-order valence-corrected chi connectivity index (χ3v) is 5.30. The van der Waals surface area contributed by atoms with Crippen molar-refractivity contribution in [2.24, 2.45) is 5.73 Å². The molecule has 0 aliphatic carbocycles. The van der Waals surface area contributed by atoms with E-state index in [0.717, 1.165) is 21.5 Å². The van der Waals surface area contributed by atoms with E-state index in [1.165, 1.54) is 5.56 Å². The molecular weight excluding hydrogens is 286 g/mol. The van der Waals surface area contributed by atoms with Crippen LogP contribution in [0.4, 0.5) is 0 Å². The lowest BCUT2D eigenvalue weighted by Crippen LogP contribution is -2.36. The number of halogens is 1. The van der Waals surface area contributed by atoms with E-state index < -0.39 is 0 Å². The molecule has 1 atom stereocenters. The zero-order chi connectivity index (χ0) is 11.9. The molecule has 0 radical (unpaired) electrons. The summed E-state index contributed by atoms with van der Waals surface area (Å²) in [5.41, 5.74) is 8.78. The molecule has 1 aliphatic heterocycles. The van der Waals surface area contributed by atoms with Gasteiger partial charge in [0.2, 0.25) is 0 Å². The molecule has 16 heavy (non-hydrogen) atoms. The molecule has 0 amide bonds. The first-order valence-electron chi connectivity index (χ1n) is 5.22. The normalized spacial score (nSPS) is 22.7. The number of hydrogen-bond donors (Lipinski definition) is 1. The van der Waals surface area contributed by atoms with Gasteiger partial charge < -0.3 is 10.5 Å². The largest absolute Gasteiger partial charge is 0.496 e. The van der Waals surface area contributed by atoms with Crippen LogP contribution in [0.25, 0.3) is 0 Å². The van der Waals surface area contributed by atoms with Crippen molar-refractivity contribution < 1.29 is 4.74 Å². The molecule has 0 bridgehead atoms. The van der Waals surface area contributed by atoms with Crippen molar-refractivity contribution in [1.82, 2.24) is 0 Å². The summed E-state index contributed by atoms with van der Waals surface area (Å²) in [6.45, 7) is 4.37. The number of methoxy groups -OCH3 is 1. The van der Waals surface area contributed by atoms with Gasteiger partial charge in [-0.1, -0.05) is 15.9 Å². The molecule has 2 nitrogen and oxygen atoms in total. The SMILES string of the molecule is COc1ccc(Br)c2c1C(N)C(C)(C)SC2. The molecular formula is C12H16BrNOS. The van der Waals surface area contributed by atoms with Gasteiger partial charge >= 0.3 is 0 Å². The summed E-state index contributed by atoms with van der Waals surface area (Å²) in [6.07, 6.45) is 0. The summed E-state index contributed by atoms with van der Waals surface area (Å²) in [6, 6.07) is 4.02. The molecule has 0 aromatic heterocycles. The highest BCUT2D eigenvalue weighted by Gasteiger charge is 2.36. The van der Waals surface area contributed by atoms with Crippen molar-refractivity contribution in [3.05, 3.63) is 27.7 Å². The van der Waals surface area contributed by atoms with Crippen LogP contribution >= 0.6 is 27.7 Å². The van der Waals surface area contributed by atoms with Gasteiger partial charge in [-0.2, -0.15) is 0 Å². The number of benzene rings is 1. The highest BCUT2D eigenvalue weighted by Crippen LogP contribution is 2.49. The van der Waals surface area contributed by atoms with Gasteiger partial charge in [0.1, 0.15) is 5.75 Å². The second-order valence-corrected chi connectivity index (χ2v) is 7.00. The molecule has 1 aromatic carbocycles. The van der Waals surface area contributed by atoms with Crippen LogP contribution in [0.5, 0.6) is 5.75 Å². The fraction of sp³-hybridized carbons (Fsp3) is 0.500. The Labute approximate surface area is 109 Å². The van der Waals surface area contributed by atoms with E-state index in [1.807, 2.05) is 23.9 Å². The summed E-state index contributed by atoms with van der Waals surface area (Å²) in [7, 11) is 1.70. The zero-order valence-electron chi connectivity index (χ0n) is 9.71. The Hall–Kier alpha value is -0.190. The second kappa shape index (κ2) is 4.24. The van der Waals surface area contributed by atoms with Crippen molar-refractivity contribution in [2.45, 2.75) is 30.4 Å². The van der Waals surface area contributed by atoms with Gasteiger partial charge in [-0.3, -0.25) is 0 Å². The molecule has 1 aliphatic rings. The quantitative estimate of drug-likeness (QED) is 0.862. The van der Waals surface area contributed by atoms with Crippen LogP contribution in [0, 0.1) is 0 Å². The van der Waals surface area contributed by atoms with E-state index in [9.17, 15) is 0 Å². The van der Waals surface area contributed by atoms with E-state index >= 15 is 0 Å². The minimum Gasteiger partial charge on any atom is -0.496 e. The van der Waals surface area contributed by atoms with Crippen LogP contribution in [0.15, 0.2) is 16.6 Å². The summed E-state index contributed by atoms with van der Waals surface area (Å²) >= 11 is 5.48. The predicted molar refractivity (Wildman–Crippen MR) is 73.0 cm³/mol.